The number of alkyl halides is 1. The third-order valence-corrected chi connectivity index (χ3v) is 3.24. The van der Waals surface area contributed by atoms with Crippen LogP contribution in [0.4, 0.5) is 14.9 Å². The highest BCUT2D eigenvalue weighted by atomic mass is 19.1. The highest BCUT2D eigenvalue weighted by Gasteiger charge is 2.29. The molecule has 0 radical (unpaired) electrons. The topological polar surface area (TPSA) is 58.6 Å². The lowest BCUT2D eigenvalue weighted by Gasteiger charge is -2.19. The van der Waals surface area contributed by atoms with Gasteiger partial charge in [-0.2, -0.15) is 0 Å². The number of aliphatic hydroxyl groups excluding tert-OH is 1. The molecule has 0 spiro atoms. The van der Waals surface area contributed by atoms with Crippen LogP contribution < -0.4 is 5.32 Å². The molecular formula is C14H18FNO3. The van der Waals surface area contributed by atoms with Crippen molar-refractivity contribution in [2.24, 2.45) is 0 Å². The zero-order valence-corrected chi connectivity index (χ0v) is 10.6. The fourth-order valence-electron chi connectivity index (χ4n) is 2.16. The number of amides is 1. The summed E-state index contributed by atoms with van der Waals surface area (Å²) in [4.78, 5) is 11.7. The number of benzene rings is 1. The maximum atomic E-state index is 13.8. The van der Waals surface area contributed by atoms with E-state index in [1.165, 1.54) is 0 Å². The van der Waals surface area contributed by atoms with E-state index in [2.05, 4.69) is 5.32 Å². The smallest absolute Gasteiger partial charge is 0.411 e. The molecule has 1 aromatic rings. The Kier molecular flexibility index (Phi) is 4.74. The molecule has 1 amide bonds. The van der Waals surface area contributed by atoms with Crippen molar-refractivity contribution in [1.82, 2.24) is 0 Å². The van der Waals surface area contributed by atoms with Crippen LogP contribution >= 0.6 is 0 Å². The fraction of sp³-hybridized carbons (Fsp3) is 0.500. The van der Waals surface area contributed by atoms with Crippen molar-refractivity contribution in [1.29, 1.82) is 0 Å². The van der Waals surface area contributed by atoms with Crippen molar-refractivity contribution in [3.8, 4) is 0 Å². The maximum Gasteiger partial charge on any atom is 0.411 e. The van der Waals surface area contributed by atoms with Gasteiger partial charge in [0, 0.05) is 5.69 Å². The Morgan fingerprint density at radius 1 is 1.21 bits per heavy atom. The summed E-state index contributed by atoms with van der Waals surface area (Å²) in [5, 5.41) is 12.0. The van der Waals surface area contributed by atoms with E-state index in [0.717, 1.165) is 0 Å². The number of nitrogens with one attached hydrogen (secondary N) is 1. The summed E-state index contributed by atoms with van der Waals surface area (Å²) in [5.41, 5.74) is 0.608. The maximum absolute atomic E-state index is 13.8. The van der Waals surface area contributed by atoms with Crippen molar-refractivity contribution >= 4 is 11.8 Å². The molecule has 5 heteroatoms. The van der Waals surface area contributed by atoms with Gasteiger partial charge >= 0.3 is 6.09 Å². The number of hydrogen-bond acceptors (Lipinski definition) is 3. The van der Waals surface area contributed by atoms with Gasteiger partial charge in [-0.15, -0.1) is 0 Å². The zero-order chi connectivity index (χ0) is 13.7. The number of halogens is 1. The first-order valence-electron chi connectivity index (χ1n) is 6.50. The molecule has 2 N–H and O–H groups in total. The first kappa shape index (κ1) is 13.8. The standard InChI is InChI=1S/C14H18FNO3/c15-12-8-6-11(17)7-9-13(12)19-14(18)16-10-4-2-1-3-5-10/h1-5,11-13,17H,6-9H2,(H,16,18)/t11-,12+,13+/m0/s1. The van der Waals surface area contributed by atoms with Crippen molar-refractivity contribution in [2.45, 2.75) is 44.1 Å². The lowest BCUT2D eigenvalue weighted by molar-refractivity contribution is 0.0481. The molecule has 104 valence electrons. The summed E-state index contributed by atoms with van der Waals surface area (Å²) in [7, 11) is 0. The number of carbonyl (C=O) groups excluding carboxylic acids is 1. The van der Waals surface area contributed by atoms with Gasteiger partial charge in [0.25, 0.3) is 0 Å². The summed E-state index contributed by atoms with van der Waals surface area (Å²) in [6, 6.07) is 8.86. The summed E-state index contributed by atoms with van der Waals surface area (Å²) >= 11 is 0. The number of rotatable bonds is 2. The van der Waals surface area contributed by atoms with Gasteiger partial charge in [0.05, 0.1) is 6.10 Å². The predicted octanol–water partition coefficient (Wildman–Crippen LogP) is 2.88. The van der Waals surface area contributed by atoms with Crippen LogP contribution in [-0.2, 0) is 4.74 Å². The molecule has 0 heterocycles. The number of carbonyl (C=O) groups is 1. The molecule has 2 rings (SSSR count). The summed E-state index contributed by atoms with van der Waals surface area (Å²) in [6.07, 6.45) is -1.68. The largest absolute Gasteiger partial charge is 0.443 e. The fourth-order valence-corrected chi connectivity index (χ4v) is 2.16. The first-order valence-corrected chi connectivity index (χ1v) is 6.50. The SMILES string of the molecule is O=C(Nc1ccccc1)O[C@@H]1CC[C@@H](O)CC[C@H]1F. The van der Waals surface area contributed by atoms with Crippen LogP contribution in [0.2, 0.25) is 0 Å². The molecular weight excluding hydrogens is 249 g/mol. The van der Waals surface area contributed by atoms with E-state index in [9.17, 15) is 14.3 Å². The Balaban J connectivity index is 1.87. The number of anilines is 1. The minimum Gasteiger partial charge on any atom is -0.443 e. The summed E-state index contributed by atoms with van der Waals surface area (Å²) in [5.74, 6) is 0. The molecule has 0 bridgehead atoms. The molecule has 0 aliphatic heterocycles. The minimum absolute atomic E-state index is 0.227. The van der Waals surface area contributed by atoms with E-state index in [1.807, 2.05) is 6.07 Å². The minimum atomic E-state index is -1.21. The predicted molar refractivity (Wildman–Crippen MR) is 69.7 cm³/mol. The third-order valence-electron chi connectivity index (χ3n) is 3.24. The van der Waals surface area contributed by atoms with Crippen LogP contribution in [0.1, 0.15) is 25.7 Å². The molecule has 0 aromatic heterocycles. The lowest BCUT2D eigenvalue weighted by Crippen LogP contribution is -2.29. The van der Waals surface area contributed by atoms with Crippen molar-refractivity contribution < 1.29 is 19.0 Å². The van der Waals surface area contributed by atoms with Gasteiger partial charge in [-0.05, 0) is 37.8 Å². The Hall–Kier alpha value is -1.62. The third kappa shape index (κ3) is 4.21. The monoisotopic (exact) mass is 267 g/mol. The number of para-hydroxylation sites is 1. The van der Waals surface area contributed by atoms with Gasteiger partial charge in [0.2, 0.25) is 0 Å². The second kappa shape index (κ2) is 6.52. The first-order chi connectivity index (χ1) is 9.15. The van der Waals surface area contributed by atoms with E-state index in [4.69, 9.17) is 4.74 Å². The number of aliphatic hydroxyl groups is 1. The van der Waals surface area contributed by atoms with E-state index in [0.29, 0.717) is 24.9 Å². The van der Waals surface area contributed by atoms with Crippen LogP contribution in [0.25, 0.3) is 0 Å². The van der Waals surface area contributed by atoms with Gasteiger partial charge in [-0.3, -0.25) is 5.32 Å². The Labute approximate surface area is 111 Å². The number of hydrogen-bond donors (Lipinski definition) is 2. The highest BCUT2D eigenvalue weighted by molar-refractivity contribution is 5.84. The van der Waals surface area contributed by atoms with Crippen LogP contribution in [0.15, 0.2) is 30.3 Å². The normalized spacial score (nSPS) is 27.4. The number of ether oxygens (including phenoxy) is 1. The average molecular weight is 267 g/mol. The van der Waals surface area contributed by atoms with Crippen LogP contribution in [0.5, 0.6) is 0 Å². The van der Waals surface area contributed by atoms with Gasteiger partial charge < -0.3 is 9.84 Å². The Bertz CT molecular complexity index is 412. The van der Waals surface area contributed by atoms with Gasteiger partial charge in [0.1, 0.15) is 12.3 Å². The molecule has 1 saturated carbocycles. The van der Waals surface area contributed by atoms with Crippen LogP contribution in [-0.4, -0.2) is 29.6 Å². The van der Waals surface area contributed by atoms with Crippen LogP contribution in [0, 0.1) is 0 Å². The van der Waals surface area contributed by atoms with Gasteiger partial charge in [-0.25, -0.2) is 9.18 Å². The summed E-state index contributed by atoms with van der Waals surface area (Å²) in [6.45, 7) is 0. The Morgan fingerprint density at radius 3 is 2.63 bits per heavy atom. The van der Waals surface area contributed by atoms with Crippen LogP contribution in [0.3, 0.4) is 0 Å². The molecule has 0 saturated heterocycles. The molecule has 3 atom stereocenters. The van der Waals surface area contributed by atoms with Crippen molar-refractivity contribution in [2.75, 3.05) is 5.32 Å². The summed E-state index contributed by atoms with van der Waals surface area (Å²) < 4.78 is 18.9. The molecule has 4 nitrogen and oxygen atoms in total. The van der Waals surface area contributed by atoms with Crippen molar-refractivity contribution in [3.05, 3.63) is 30.3 Å². The second-order valence-corrected chi connectivity index (χ2v) is 4.76. The second-order valence-electron chi connectivity index (χ2n) is 4.76. The van der Waals surface area contributed by atoms with E-state index >= 15 is 0 Å². The molecule has 19 heavy (non-hydrogen) atoms. The molecule has 1 aromatic carbocycles. The van der Waals surface area contributed by atoms with Gasteiger partial charge in [0.15, 0.2) is 0 Å². The average Bonchev–Trinajstić information content (AvgIpc) is 2.55. The zero-order valence-electron chi connectivity index (χ0n) is 10.6. The van der Waals surface area contributed by atoms with Gasteiger partial charge in [-0.1, -0.05) is 18.2 Å². The molecule has 1 aliphatic carbocycles. The molecule has 1 aliphatic rings. The quantitative estimate of drug-likeness (QED) is 0.810. The lowest BCUT2D eigenvalue weighted by atomic mass is 10.1. The molecule has 1 fully saturated rings. The highest BCUT2D eigenvalue weighted by Crippen LogP contribution is 2.23. The van der Waals surface area contributed by atoms with E-state index < -0.39 is 24.5 Å². The van der Waals surface area contributed by atoms with E-state index in [1.54, 1.807) is 24.3 Å². The van der Waals surface area contributed by atoms with E-state index in [-0.39, 0.29) is 6.42 Å². The Morgan fingerprint density at radius 2 is 1.89 bits per heavy atom. The van der Waals surface area contributed by atoms with Crippen molar-refractivity contribution in [3.63, 3.8) is 0 Å². The molecule has 0 unspecified atom stereocenters.